The van der Waals surface area contributed by atoms with Crippen molar-refractivity contribution < 1.29 is 29.3 Å². The Morgan fingerprint density at radius 3 is 2.37 bits per heavy atom. The lowest BCUT2D eigenvalue weighted by atomic mass is 9.95. The second kappa shape index (κ2) is 10.4. The van der Waals surface area contributed by atoms with E-state index < -0.39 is 17.7 Å². The predicted octanol–water partition coefficient (Wildman–Crippen LogP) is 4.35. The number of nitrogens with zero attached hydrogens (tertiary/aromatic N) is 1. The van der Waals surface area contributed by atoms with E-state index >= 15 is 0 Å². The van der Waals surface area contributed by atoms with Crippen LogP contribution in [0, 0.1) is 6.92 Å². The highest BCUT2D eigenvalue weighted by molar-refractivity contribution is 6.46. The number of likely N-dealkylation sites (tertiary alicyclic amines) is 1. The monoisotopic (exact) mass is 473 g/mol. The molecule has 0 radical (unpaired) electrons. The Labute approximate surface area is 203 Å². The number of aryl methyl sites for hydroxylation is 1. The highest BCUT2D eigenvalue weighted by atomic mass is 16.5. The molecule has 0 aliphatic carbocycles. The van der Waals surface area contributed by atoms with E-state index in [1.54, 1.807) is 36.4 Å². The number of phenolic OH excluding ortho intramolecular Hbond substituents is 1. The Balaban J connectivity index is 1.63. The fraction of sp³-hybridized carbons (Fsp3) is 0.214. The van der Waals surface area contributed by atoms with Crippen molar-refractivity contribution in [2.45, 2.75) is 19.6 Å². The Kier molecular flexibility index (Phi) is 7.17. The number of ether oxygens (including phenoxy) is 2. The molecule has 0 spiro atoms. The number of carbonyl (C=O) groups excluding carboxylic acids is 2. The van der Waals surface area contributed by atoms with Crippen molar-refractivity contribution in [1.82, 2.24) is 4.90 Å². The molecule has 1 amide bonds. The van der Waals surface area contributed by atoms with E-state index in [1.165, 1.54) is 24.1 Å². The maximum atomic E-state index is 13.0. The number of carbonyl (C=O) groups is 2. The molecule has 0 saturated carbocycles. The summed E-state index contributed by atoms with van der Waals surface area (Å²) in [4.78, 5) is 27.2. The lowest BCUT2D eigenvalue weighted by Crippen LogP contribution is -2.32. The Morgan fingerprint density at radius 1 is 1.00 bits per heavy atom. The first kappa shape index (κ1) is 24.0. The van der Waals surface area contributed by atoms with Crippen molar-refractivity contribution in [2.24, 2.45) is 0 Å². The van der Waals surface area contributed by atoms with Gasteiger partial charge in [0, 0.05) is 19.2 Å². The molecule has 0 bridgehead atoms. The normalized spacial score (nSPS) is 17.1. The van der Waals surface area contributed by atoms with E-state index in [-0.39, 0.29) is 30.2 Å². The van der Waals surface area contributed by atoms with Crippen LogP contribution < -0.4 is 4.74 Å². The number of amides is 1. The third kappa shape index (κ3) is 5.20. The molecular formula is C28H27NO6. The van der Waals surface area contributed by atoms with Gasteiger partial charge in [-0.3, -0.25) is 9.59 Å². The zero-order valence-electron chi connectivity index (χ0n) is 19.6. The molecule has 7 heteroatoms. The van der Waals surface area contributed by atoms with E-state index in [1.807, 2.05) is 31.2 Å². The quantitative estimate of drug-likeness (QED) is 0.287. The zero-order valence-corrected chi connectivity index (χ0v) is 19.6. The zero-order chi connectivity index (χ0) is 24.9. The number of aromatic hydroxyl groups is 1. The van der Waals surface area contributed by atoms with Crippen LogP contribution in [0.25, 0.3) is 5.76 Å². The lowest BCUT2D eigenvalue weighted by molar-refractivity contribution is -0.140. The largest absolute Gasteiger partial charge is 0.508 e. The fourth-order valence-electron chi connectivity index (χ4n) is 4.14. The van der Waals surface area contributed by atoms with Crippen LogP contribution in [-0.4, -0.2) is 47.1 Å². The van der Waals surface area contributed by atoms with Crippen LogP contribution in [0.5, 0.6) is 11.5 Å². The smallest absolute Gasteiger partial charge is 0.295 e. The van der Waals surface area contributed by atoms with Gasteiger partial charge in [0.15, 0.2) is 0 Å². The van der Waals surface area contributed by atoms with Crippen LogP contribution in [0.15, 0.2) is 78.4 Å². The summed E-state index contributed by atoms with van der Waals surface area (Å²) < 4.78 is 11.0. The highest BCUT2D eigenvalue weighted by Gasteiger charge is 2.45. The number of rotatable bonds is 8. The molecule has 1 aliphatic heterocycles. The average molecular weight is 474 g/mol. The minimum absolute atomic E-state index is 0.00905. The summed E-state index contributed by atoms with van der Waals surface area (Å²) in [5, 5.41) is 20.8. The van der Waals surface area contributed by atoms with Gasteiger partial charge < -0.3 is 24.6 Å². The van der Waals surface area contributed by atoms with Crippen LogP contribution >= 0.6 is 0 Å². The molecule has 1 fully saturated rings. The van der Waals surface area contributed by atoms with Gasteiger partial charge in [0.1, 0.15) is 23.9 Å². The summed E-state index contributed by atoms with van der Waals surface area (Å²) in [6.07, 6.45) is 0. The number of Topliss-reactive ketones (excluding diaryl/α,β-unsaturated/α-hetero) is 1. The van der Waals surface area contributed by atoms with Gasteiger partial charge in [-0.25, -0.2) is 0 Å². The van der Waals surface area contributed by atoms with Crippen molar-refractivity contribution >= 4 is 17.4 Å². The Morgan fingerprint density at radius 2 is 1.71 bits per heavy atom. The van der Waals surface area contributed by atoms with Gasteiger partial charge in [-0.2, -0.15) is 0 Å². The van der Waals surface area contributed by atoms with Crippen LogP contribution in [-0.2, 0) is 20.9 Å². The maximum Gasteiger partial charge on any atom is 0.295 e. The summed E-state index contributed by atoms with van der Waals surface area (Å²) in [5.41, 5.74) is 3.17. The molecule has 4 rings (SSSR count). The van der Waals surface area contributed by atoms with Crippen molar-refractivity contribution in [3.8, 4) is 11.5 Å². The minimum Gasteiger partial charge on any atom is -0.508 e. The molecule has 1 unspecified atom stereocenters. The summed E-state index contributed by atoms with van der Waals surface area (Å²) in [6, 6.07) is 20.2. The highest BCUT2D eigenvalue weighted by Crippen LogP contribution is 2.39. The van der Waals surface area contributed by atoms with Crippen molar-refractivity contribution in [3.63, 3.8) is 0 Å². The van der Waals surface area contributed by atoms with Gasteiger partial charge >= 0.3 is 0 Å². The molecule has 1 aliphatic rings. The van der Waals surface area contributed by atoms with Crippen molar-refractivity contribution in [3.05, 3.63) is 101 Å². The van der Waals surface area contributed by atoms with E-state index in [9.17, 15) is 19.8 Å². The number of ketones is 1. The van der Waals surface area contributed by atoms with Gasteiger partial charge in [-0.1, -0.05) is 42.0 Å². The molecule has 0 aromatic heterocycles. The van der Waals surface area contributed by atoms with Gasteiger partial charge in [0.2, 0.25) is 0 Å². The molecule has 7 nitrogen and oxygen atoms in total. The fourth-order valence-corrected chi connectivity index (χ4v) is 4.14. The SMILES string of the molecule is COCCN1C(=O)C(=O)/C(=C(\O)c2ccc(OCc3cccc(C)c3)cc2)C1c1ccc(O)cc1. The third-order valence-electron chi connectivity index (χ3n) is 5.90. The van der Waals surface area contributed by atoms with Crippen LogP contribution in [0.2, 0.25) is 0 Å². The average Bonchev–Trinajstić information content (AvgIpc) is 3.11. The first-order valence-electron chi connectivity index (χ1n) is 11.2. The first-order chi connectivity index (χ1) is 16.9. The molecule has 1 heterocycles. The van der Waals surface area contributed by atoms with Crippen LogP contribution in [0.3, 0.4) is 0 Å². The molecule has 35 heavy (non-hydrogen) atoms. The molecule has 3 aromatic rings. The molecule has 2 N–H and O–H groups in total. The maximum absolute atomic E-state index is 13.0. The van der Waals surface area contributed by atoms with Gasteiger partial charge in [0.05, 0.1) is 18.2 Å². The Bertz CT molecular complexity index is 1250. The van der Waals surface area contributed by atoms with Crippen molar-refractivity contribution in [2.75, 3.05) is 20.3 Å². The number of hydrogen-bond donors (Lipinski definition) is 2. The van der Waals surface area contributed by atoms with E-state index in [2.05, 4.69) is 0 Å². The summed E-state index contributed by atoms with van der Waals surface area (Å²) in [6.45, 7) is 2.83. The molecule has 1 saturated heterocycles. The number of hydrogen-bond acceptors (Lipinski definition) is 6. The van der Waals surface area contributed by atoms with Crippen molar-refractivity contribution in [1.29, 1.82) is 0 Å². The molecule has 3 aromatic carbocycles. The number of phenols is 1. The third-order valence-corrected chi connectivity index (χ3v) is 5.90. The van der Waals surface area contributed by atoms with Gasteiger partial charge in [-0.15, -0.1) is 0 Å². The molecular weight excluding hydrogens is 446 g/mol. The number of benzene rings is 3. The van der Waals surface area contributed by atoms with Gasteiger partial charge in [0.25, 0.3) is 11.7 Å². The predicted molar refractivity (Wildman–Crippen MR) is 131 cm³/mol. The van der Waals surface area contributed by atoms with E-state index in [0.29, 0.717) is 23.5 Å². The Hall–Kier alpha value is -4.10. The van der Waals surface area contributed by atoms with Crippen LogP contribution in [0.1, 0.15) is 28.3 Å². The number of aliphatic hydroxyl groups excluding tert-OH is 1. The van der Waals surface area contributed by atoms with E-state index in [4.69, 9.17) is 9.47 Å². The first-order valence-corrected chi connectivity index (χ1v) is 11.2. The minimum atomic E-state index is -0.803. The lowest BCUT2D eigenvalue weighted by Gasteiger charge is -2.25. The standard InChI is InChI=1S/C28H27NO6/c1-18-4-3-5-19(16-18)17-35-23-12-8-21(9-13-23)26(31)24-25(20-6-10-22(30)11-7-20)29(14-15-34-2)28(33)27(24)32/h3-13,16,25,30-31H,14-15,17H2,1-2H3/b26-24-. The summed E-state index contributed by atoms with van der Waals surface area (Å²) >= 11 is 0. The summed E-state index contributed by atoms with van der Waals surface area (Å²) in [7, 11) is 1.51. The number of aliphatic hydroxyl groups is 1. The molecule has 180 valence electrons. The topological polar surface area (TPSA) is 96.3 Å². The van der Waals surface area contributed by atoms with Gasteiger partial charge in [-0.05, 0) is 54.4 Å². The number of methoxy groups -OCH3 is 1. The second-order valence-corrected chi connectivity index (χ2v) is 8.38. The van der Waals surface area contributed by atoms with Crippen LogP contribution in [0.4, 0.5) is 0 Å². The summed E-state index contributed by atoms with van der Waals surface area (Å²) in [5.74, 6) is -1.08. The molecule has 1 atom stereocenters. The van der Waals surface area contributed by atoms with E-state index in [0.717, 1.165) is 11.1 Å². The second-order valence-electron chi connectivity index (χ2n) is 8.38.